The van der Waals surface area contributed by atoms with Gasteiger partial charge in [0.2, 0.25) is 0 Å². The van der Waals surface area contributed by atoms with Crippen LogP contribution in [0, 0.1) is 0 Å². The van der Waals surface area contributed by atoms with Crippen molar-refractivity contribution < 1.29 is 14.7 Å². The molecule has 7 heteroatoms. The molecule has 6 nitrogen and oxygen atoms in total. The van der Waals surface area contributed by atoms with Gasteiger partial charge >= 0.3 is 0 Å². The van der Waals surface area contributed by atoms with Gasteiger partial charge in [0.05, 0.1) is 12.1 Å². The number of hydrogen-bond acceptors (Lipinski definition) is 5. The zero-order chi connectivity index (χ0) is 29.7. The van der Waals surface area contributed by atoms with E-state index in [0.717, 1.165) is 46.5 Å². The van der Waals surface area contributed by atoms with Gasteiger partial charge < -0.3 is 21.1 Å². The van der Waals surface area contributed by atoms with Gasteiger partial charge in [0.1, 0.15) is 0 Å². The highest BCUT2D eigenvalue weighted by Crippen LogP contribution is 2.26. The molecule has 0 fully saturated rings. The fourth-order valence-electron chi connectivity index (χ4n) is 5.38. The molecule has 42 heavy (non-hydrogen) atoms. The fraction of sp³-hybridized carbons (Fsp3) is 0.314. The maximum Gasteiger partial charge on any atom is 0.251 e. The highest BCUT2D eigenvalue weighted by Gasteiger charge is 2.27. The van der Waals surface area contributed by atoms with E-state index < -0.39 is 12.1 Å². The molecule has 218 valence electrons. The van der Waals surface area contributed by atoms with Crippen molar-refractivity contribution in [3.05, 3.63) is 113 Å². The number of amides is 2. The number of aliphatic hydroxyl groups excluding tert-OH is 1. The Morgan fingerprint density at radius 1 is 0.905 bits per heavy atom. The lowest BCUT2D eigenvalue weighted by atomic mass is 9.94. The molecule has 0 saturated carbocycles. The Morgan fingerprint density at radius 2 is 1.64 bits per heavy atom. The molecule has 4 N–H and O–H groups in total. The normalized spacial score (nSPS) is 14.6. The minimum Gasteiger partial charge on any atom is -0.391 e. The summed E-state index contributed by atoms with van der Waals surface area (Å²) < 4.78 is 0. The Balaban J connectivity index is 1.39. The maximum atomic E-state index is 13.7. The third-order valence-electron chi connectivity index (χ3n) is 7.50. The first-order valence-electron chi connectivity index (χ1n) is 14.5. The second-order valence-corrected chi connectivity index (χ2v) is 13.0. The number of nitrogens with one attached hydrogen (secondary N) is 3. The number of carbonyl (C=O) groups is 2. The summed E-state index contributed by atoms with van der Waals surface area (Å²) in [6.45, 7) is 7.39. The van der Waals surface area contributed by atoms with E-state index in [1.54, 1.807) is 17.8 Å². The quantitative estimate of drug-likeness (QED) is 0.196. The van der Waals surface area contributed by atoms with E-state index in [1.165, 1.54) is 5.39 Å². The number of thioether (sulfide) groups is 1. The largest absolute Gasteiger partial charge is 0.391 e. The molecule has 4 aromatic carbocycles. The summed E-state index contributed by atoms with van der Waals surface area (Å²) >= 11 is 1.60. The van der Waals surface area contributed by atoms with E-state index in [0.29, 0.717) is 16.9 Å². The van der Waals surface area contributed by atoms with Crippen LogP contribution in [0.15, 0.2) is 89.8 Å². The van der Waals surface area contributed by atoms with Crippen LogP contribution in [0.4, 0.5) is 0 Å². The average molecular weight is 582 g/mol. The van der Waals surface area contributed by atoms with E-state index in [9.17, 15) is 14.7 Å². The molecule has 2 atom stereocenters. The molecule has 0 radical (unpaired) electrons. The van der Waals surface area contributed by atoms with Gasteiger partial charge in [0, 0.05) is 40.3 Å². The SMILES string of the molecule is CC(C)(C)NC(=O)c1ccccc1C[C@@H](O)[C@H](CSc1ccc2ccccc2c1)NC(=O)c1cccc2c1CCNC2. The molecular formula is C35H39N3O3S. The van der Waals surface area contributed by atoms with Crippen molar-refractivity contribution in [3.63, 3.8) is 0 Å². The molecule has 4 aromatic rings. The third-order valence-corrected chi connectivity index (χ3v) is 8.61. The number of hydrogen-bond donors (Lipinski definition) is 4. The molecule has 0 aliphatic carbocycles. The zero-order valence-corrected chi connectivity index (χ0v) is 25.3. The van der Waals surface area contributed by atoms with Crippen molar-refractivity contribution >= 4 is 34.3 Å². The van der Waals surface area contributed by atoms with E-state index >= 15 is 0 Å². The number of aliphatic hydroxyl groups is 1. The van der Waals surface area contributed by atoms with Gasteiger partial charge in [-0.25, -0.2) is 0 Å². The Kier molecular flexibility index (Phi) is 9.31. The Bertz CT molecular complexity index is 1580. The molecule has 0 unspecified atom stereocenters. The van der Waals surface area contributed by atoms with Gasteiger partial charge in [0.15, 0.2) is 0 Å². The van der Waals surface area contributed by atoms with E-state index in [-0.39, 0.29) is 23.8 Å². The van der Waals surface area contributed by atoms with Crippen molar-refractivity contribution in [2.45, 2.75) is 62.7 Å². The lowest BCUT2D eigenvalue weighted by Gasteiger charge is -2.27. The Morgan fingerprint density at radius 3 is 2.45 bits per heavy atom. The molecule has 0 saturated heterocycles. The molecule has 5 rings (SSSR count). The minimum absolute atomic E-state index is 0.180. The van der Waals surface area contributed by atoms with Crippen LogP contribution < -0.4 is 16.0 Å². The van der Waals surface area contributed by atoms with Crippen LogP contribution in [0.2, 0.25) is 0 Å². The maximum absolute atomic E-state index is 13.7. The molecule has 2 amide bonds. The summed E-state index contributed by atoms with van der Waals surface area (Å²) in [7, 11) is 0. The fourth-order valence-corrected chi connectivity index (χ4v) is 6.43. The first-order chi connectivity index (χ1) is 20.2. The minimum atomic E-state index is -0.910. The van der Waals surface area contributed by atoms with Crippen molar-refractivity contribution in [2.24, 2.45) is 0 Å². The molecule has 0 aromatic heterocycles. The van der Waals surface area contributed by atoms with Crippen molar-refractivity contribution in [3.8, 4) is 0 Å². The summed E-state index contributed by atoms with van der Waals surface area (Å²) in [6.07, 6.45) is 0.105. The van der Waals surface area contributed by atoms with Crippen LogP contribution in [-0.2, 0) is 19.4 Å². The number of fused-ring (bicyclic) bond motifs is 2. The molecule has 1 aliphatic rings. The number of benzene rings is 4. The predicted octanol–water partition coefficient (Wildman–Crippen LogP) is 5.51. The highest BCUT2D eigenvalue weighted by molar-refractivity contribution is 7.99. The molecule has 0 spiro atoms. The van der Waals surface area contributed by atoms with Gasteiger partial charge in [-0.15, -0.1) is 11.8 Å². The third kappa shape index (κ3) is 7.40. The second-order valence-electron chi connectivity index (χ2n) is 11.9. The van der Waals surface area contributed by atoms with Crippen LogP contribution in [0.5, 0.6) is 0 Å². The van der Waals surface area contributed by atoms with Gasteiger partial charge in [-0.2, -0.15) is 0 Å². The van der Waals surface area contributed by atoms with E-state index in [4.69, 9.17) is 0 Å². The van der Waals surface area contributed by atoms with Gasteiger partial charge in [0.25, 0.3) is 11.8 Å². The van der Waals surface area contributed by atoms with Crippen molar-refractivity contribution in [2.75, 3.05) is 12.3 Å². The lowest BCUT2D eigenvalue weighted by Crippen LogP contribution is -2.47. The summed E-state index contributed by atoms with van der Waals surface area (Å²) in [5.41, 5.74) is 3.74. The smallest absolute Gasteiger partial charge is 0.251 e. The molecule has 0 bridgehead atoms. The van der Waals surface area contributed by atoms with Crippen LogP contribution in [-0.4, -0.2) is 46.9 Å². The summed E-state index contributed by atoms with van der Waals surface area (Å²) in [6, 6.07) is 27.2. The second kappa shape index (κ2) is 13.1. The summed E-state index contributed by atoms with van der Waals surface area (Å²) in [4.78, 5) is 27.8. The summed E-state index contributed by atoms with van der Waals surface area (Å²) in [5.74, 6) is 0.106. The van der Waals surface area contributed by atoms with E-state index in [1.807, 2.05) is 63.2 Å². The topological polar surface area (TPSA) is 90.5 Å². The Hall–Kier alpha value is -3.65. The zero-order valence-electron chi connectivity index (χ0n) is 24.4. The van der Waals surface area contributed by atoms with Gasteiger partial charge in [-0.3, -0.25) is 9.59 Å². The first-order valence-corrected chi connectivity index (χ1v) is 15.5. The van der Waals surface area contributed by atoms with Crippen LogP contribution in [0.3, 0.4) is 0 Å². The van der Waals surface area contributed by atoms with E-state index in [2.05, 4.69) is 52.3 Å². The van der Waals surface area contributed by atoms with Crippen LogP contribution in [0.25, 0.3) is 10.8 Å². The standard InChI is InChI=1S/C35H39N3O3S/c1-35(2,3)38-34(41)29-13-7-6-11-25(29)20-32(39)31(22-42-27-16-15-23-9-4-5-10-24(23)19-27)37-33(40)30-14-8-12-26-21-36-18-17-28(26)30/h4-16,19,31-32,36,39H,17-18,20-22H2,1-3H3,(H,37,40)(H,38,41)/t31-,32+/m0/s1. The predicted molar refractivity (Wildman–Crippen MR) is 171 cm³/mol. The summed E-state index contributed by atoms with van der Waals surface area (Å²) in [5, 5.41) is 23.5. The molecule has 1 heterocycles. The first kappa shape index (κ1) is 29.8. The monoisotopic (exact) mass is 581 g/mol. The van der Waals surface area contributed by atoms with Crippen molar-refractivity contribution in [1.82, 2.24) is 16.0 Å². The average Bonchev–Trinajstić information content (AvgIpc) is 2.98. The van der Waals surface area contributed by atoms with Crippen molar-refractivity contribution in [1.29, 1.82) is 0 Å². The van der Waals surface area contributed by atoms with Crippen LogP contribution in [0.1, 0.15) is 58.2 Å². The van der Waals surface area contributed by atoms with Gasteiger partial charge in [-0.1, -0.05) is 60.7 Å². The molecule has 1 aliphatic heterocycles. The number of carbonyl (C=O) groups excluding carboxylic acids is 2. The highest BCUT2D eigenvalue weighted by atomic mass is 32.2. The number of rotatable bonds is 9. The molecular weight excluding hydrogens is 542 g/mol. The lowest BCUT2D eigenvalue weighted by molar-refractivity contribution is 0.0848. The van der Waals surface area contributed by atoms with Crippen LogP contribution >= 0.6 is 11.8 Å². The van der Waals surface area contributed by atoms with Gasteiger partial charge in [-0.05, 0) is 85.5 Å². The Labute approximate surface area is 252 Å².